The van der Waals surface area contributed by atoms with Crippen molar-refractivity contribution in [2.75, 3.05) is 20.3 Å². The van der Waals surface area contributed by atoms with Crippen molar-refractivity contribution in [3.8, 4) is 5.75 Å². The van der Waals surface area contributed by atoms with Crippen LogP contribution in [0.5, 0.6) is 5.75 Å². The standard InChI is InChI=1S/C18H21NO3S/c1-21-16-7-3-2-6-15(16)18(8-10-22-11-9-18)17(20)19-13-14-5-4-12-23-14/h2-7,12H,8-11,13H2,1H3,(H,19,20). The average Bonchev–Trinajstić information content (AvgIpc) is 3.13. The Balaban J connectivity index is 1.88. The van der Waals surface area contributed by atoms with Crippen LogP contribution in [0.25, 0.3) is 0 Å². The fraction of sp³-hybridized carbons (Fsp3) is 0.389. The normalized spacial score (nSPS) is 16.7. The number of thiophene rings is 1. The highest BCUT2D eigenvalue weighted by atomic mass is 32.1. The second kappa shape index (κ2) is 7.15. The molecule has 122 valence electrons. The Kier molecular flexibility index (Phi) is 4.98. The lowest BCUT2D eigenvalue weighted by Crippen LogP contribution is -2.48. The van der Waals surface area contributed by atoms with Gasteiger partial charge in [0.15, 0.2) is 0 Å². The average molecular weight is 331 g/mol. The maximum absolute atomic E-state index is 13.1. The van der Waals surface area contributed by atoms with E-state index in [2.05, 4.69) is 5.32 Å². The number of hydrogen-bond acceptors (Lipinski definition) is 4. The minimum Gasteiger partial charge on any atom is -0.496 e. The molecule has 0 atom stereocenters. The molecule has 4 nitrogen and oxygen atoms in total. The first-order chi connectivity index (χ1) is 11.3. The van der Waals surface area contributed by atoms with E-state index in [1.165, 1.54) is 0 Å². The predicted octanol–water partition coefficient (Wildman–Crippen LogP) is 3.12. The van der Waals surface area contributed by atoms with Crippen molar-refractivity contribution < 1.29 is 14.3 Å². The number of hydrogen-bond donors (Lipinski definition) is 1. The first-order valence-corrected chi connectivity index (χ1v) is 8.66. The van der Waals surface area contributed by atoms with Gasteiger partial charge in [-0.05, 0) is 30.4 Å². The van der Waals surface area contributed by atoms with E-state index >= 15 is 0 Å². The van der Waals surface area contributed by atoms with E-state index in [0.717, 1.165) is 16.2 Å². The quantitative estimate of drug-likeness (QED) is 0.916. The summed E-state index contributed by atoms with van der Waals surface area (Å²) in [6.07, 6.45) is 1.34. The minimum atomic E-state index is -0.581. The Morgan fingerprint density at radius 3 is 2.74 bits per heavy atom. The number of ether oxygens (including phenoxy) is 2. The molecule has 0 spiro atoms. The SMILES string of the molecule is COc1ccccc1C1(C(=O)NCc2cccs2)CCOCC1. The second-order valence-electron chi connectivity index (χ2n) is 5.66. The Bertz CT molecular complexity index is 648. The molecule has 0 aliphatic carbocycles. The van der Waals surface area contributed by atoms with Gasteiger partial charge in [-0.2, -0.15) is 0 Å². The largest absolute Gasteiger partial charge is 0.496 e. The molecule has 2 heterocycles. The summed E-state index contributed by atoms with van der Waals surface area (Å²) in [5.41, 5.74) is 0.372. The van der Waals surface area contributed by atoms with E-state index in [-0.39, 0.29) is 5.91 Å². The molecule has 1 aromatic heterocycles. The number of carbonyl (C=O) groups excluding carboxylic acids is 1. The molecule has 23 heavy (non-hydrogen) atoms. The third-order valence-corrected chi connectivity index (χ3v) is 5.28. The summed E-state index contributed by atoms with van der Waals surface area (Å²) in [4.78, 5) is 14.2. The van der Waals surface area contributed by atoms with Crippen LogP contribution in [-0.2, 0) is 21.5 Å². The summed E-state index contributed by atoms with van der Waals surface area (Å²) in [5, 5.41) is 5.13. The van der Waals surface area contributed by atoms with Gasteiger partial charge in [0.05, 0.1) is 19.1 Å². The van der Waals surface area contributed by atoms with Gasteiger partial charge in [-0.1, -0.05) is 24.3 Å². The molecule has 0 bridgehead atoms. The van der Waals surface area contributed by atoms with Gasteiger partial charge in [-0.3, -0.25) is 4.79 Å². The maximum Gasteiger partial charge on any atom is 0.231 e. The fourth-order valence-electron chi connectivity index (χ4n) is 3.13. The molecule has 1 aromatic carbocycles. The molecular weight excluding hydrogens is 310 g/mol. The van der Waals surface area contributed by atoms with Crippen LogP contribution in [-0.4, -0.2) is 26.2 Å². The molecule has 1 aliphatic heterocycles. The zero-order chi connectivity index (χ0) is 16.1. The van der Waals surface area contributed by atoms with Gasteiger partial charge >= 0.3 is 0 Å². The van der Waals surface area contributed by atoms with Crippen LogP contribution in [0.2, 0.25) is 0 Å². The lowest BCUT2D eigenvalue weighted by atomic mass is 9.73. The molecule has 1 N–H and O–H groups in total. The van der Waals surface area contributed by atoms with Crippen LogP contribution in [0.15, 0.2) is 41.8 Å². The van der Waals surface area contributed by atoms with Crippen LogP contribution in [0.4, 0.5) is 0 Å². The van der Waals surface area contributed by atoms with Gasteiger partial charge in [-0.15, -0.1) is 11.3 Å². The van der Waals surface area contributed by atoms with Crippen LogP contribution in [0, 0.1) is 0 Å². The first kappa shape index (κ1) is 16.0. The third-order valence-electron chi connectivity index (χ3n) is 4.41. The van der Waals surface area contributed by atoms with Crippen molar-refractivity contribution in [2.24, 2.45) is 0 Å². The summed E-state index contributed by atoms with van der Waals surface area (Å²) < 4.78 is 11.0. The first-order valence-electron chi connectivity index (χ1n) is 7.78. The Hall–Kier alpha value is -1.85. The van der Waals surface area contributed by atoms with E-state index in [4.69, 9.17) is 9.47 Å². The molecule has 1 saturated heterocycles. The third kappa shape index (κ3) is 3.26. The van der Waals surface area contributed by atoms with Crippen LogP contribution >= 0.6 is 11.3 Å². The van der Waals surface area contributed by atoms with Gasteiger partial charge in [0.2, 0.25) is 5.91 Å². The van der Waals surface area contributed by atoms with E-state index in [1.54, 1.807) is 18.4 Å². The summed E-state index contributed by atoms with van der Waals surface area (Å²) >= 11 is 1.65. The summed E-state index contributed by atoms with van der Waals surface area (Å²) in [7, 11) is 1.65. The van der Waals surface area contributed by atoms with Gasteiger partial charge in [0, 0.05) is 23.7 Å². The highest BCUT2D eigenvalue weighted by Crippen LogP contribution is 2.40. The number of para-hydroxylation sites is 1. The number of nitrogens with one attached hydrogen (secondary N) is 1. The van der Waals surface area contributed by atoms with Crippen molar-refractivity contribution in [3.05, 3.63) is 52.2 Å². The van der Waals surface area contributed by atoms with Crippen molar-refractivity contribution in [1.29, 1.82) is 0 Å². The zero-order valence-electron chi connectivity index (χ0n) is 13.2. The number of methoxy groups -OCH3 is 1. The van der Waals surface area contributed by atoms with Gasteiger partial charge in [0.25, 0.3) is 0 Å². The summed E-state index contributed by atoms with van der Waals surface area (Å²) in [6, 6.07) is 11.8. The van der Waals surface area contributed by atoms with Crippen molar-refractivity contribution in [1.82, 2.24) is 5.32 Å². The molecule has 1 amide bonds. The van der Waals surface area contributed by atoms with Crippen molar-refractivity contribution in [2.45, 2.75) is 24.8 Å². The number of carbonyl (C=O) groups is 1. The second-order valence-corrected chi connectivity index (χ2v) is 6.69. The van der Waals surface area contributed by atoms with Gasteiger partial charge < -0.3 is 14.8 Å². The van der Waals surface area contributed by atoms with Crippen molar-refractivity contribution >= 4 is 17.2 Å². The summed E-state index contributed by atoms with van der Waals surface area (Å²) in [5.74, 6) is 0.819. The molecule has 0 radical (unpaired) electrons. The van der Waals surface area contributed by atoms with Crippen LogP contribution in [0.3, 0.4) is 0 Å². The Labute approximate surface area is 140 Å². The van der Waals surface area contributed by atoms with Crippen LogP contribution in [0.1, 0.15) is 23.3 Å². The topological polar surface area (TPSA) is 47.6 Å². The van der Waals surface area contributed by atoms with E-state index < -0.39 is 5.41 Å². The Morgan fingerprint density at radius 2 is 2.04 bits per heavy atom. The lowest BCUT2D eigenvalue weighted by molar-refractivity contribution is -0.130. The van der Waals surface area contributed by atoms with Crippen LogP contribution < -0.4 is 10.1 Å². The number of benzene rings is 1. The maximum atomic E-state index is 13.1. The molecule has 0 unspecified atom stereocenters. The molecule has 3 rings (SSSR count). The zero-order valence-corrected chi connectivity index (χ0v) is 14.0. The minimum absolute atomic E-state index is 0.0544. The molecular formula is C18H21NO3S. The lowest BCUT2D eigenvalue weighted by Gasteiger charge is -2.37. The van der Waals surface area contributed by atoms with Gasteiger partial charge in [0.1, 0.15) is 5.75 Å². The molecule has 2 aromatic rings. The molecule has 5 heteroatoms. The highest BCUT2D eigenvalue weighted by molar-refractivity contribution is 7.09. The van der Waals surface area contributed by atoms with Gasteiger partial charge in [-0.25, -0.2) is 0 Å². The highest BCUT2D eigenvalue weighted by Gasteiger charge is 2.43. The smallest absolute Gasteiger partial charge is 0.231 e. The van der Waals surface area contributed by atoms with E-state index in [0.29, 0.717) is 32.6 Å². The number of rotatable bonds is 5. The monoisotopic (exact) mass is 331 g/mol. The summed E-state index contributed by atoms with van der Waals surface area (Å²) in [6.45, 7) is 1.74. The Morgan fingerprint density at radius 1 is 1.26 bits per heavy atom. The molecule has 1 fully saturated rings. The molecule has 0 saturated carbocycles. The molecule has 1 aliphatic rings. The number of amides is 1. The predicted molar refractivity (Wildman–Crippen MR) is 90.9 cm³/mol. The van der Waals surface area contributed by atoms with E-state index in [1.807, 2.05) is 41.8 Å². The van der Waals surface area contributed by atoms with Crippen molar-refractivity contribution in [3.63, 3.8) is 0 Å². The fourth-order valence-corrected chi connectivity index (χ4v) is 3.77. The van der Waals surface area contributed by atoms with E-state index in [9.17, 15) is 4.79 Å².